The molecule has 0 saturated carbocycles. The molecule has 2 atom stereocenters. The van der Waals surface area contributed by atoms with Gasteiger partial charge in [-0.3, -0.25) is 10.1 Å². The zero-order chi connectivity index (χ0) is 19.7. The number of ether oxygens (including phenoxy) is 2. The van der Waals surface area contributed by atoms with Crippen molar-refractivity contribution in [3.63, 3.8) is 0 Å². The molecule has 1 aliphatic heterocycles. The molecular formula is C22H24N2O4. The Bertz CT molecular complexity index is 1010. The van der Waals surface area contributed by atoms with Crippen LogP contribution in [0.3, 0.4) is 0 Å². The fraction of sp³-hybridized carbons (Fsp3) is 0.318. The topological polar surface area (TPSA) is 83.6 Å². The van der Waals surface area contributed by atoms with Crippen LogP contribution in [0.4, 0.5) is 0 Å². The summed E-state index contributed by atoms with van der Waals surface area (Å²) in [5.41, 5.74) is 3.94. The normalized spacial score (nSPS) is 18.6. The fourth-order valence-corrected chi connectivity index (χ4v) is 3.93. The minimum Gasteiger partial charge on any atom is -0.494 e. The number of aromatic amines is 1. The number of aromatic nitrogens is 1. The van der Waals surface area contributed by atoms with Crippen molar-refractivity contribution in [2.75, 3.05) is 13.2 Å². The van der Waals surface area contributed by atoms with Gasteiger partial charge in [0.2, 0.25) is 0 Å². The molecule has 0 fully saturated rings. The number of hydrogen-bond acceptors (Lipinski definition) is 4. The van der Waals surface area contributed by atoms with Crippen LogP contribution in [0.25, 0.3) is 10.9 Å². The van der Waals surface area contributed by atoms with Crippen LogP contribution >= 0.6 is 0 Å². The lowest BCUT2D eigenvalue weighted by atomic mass is 9.90. The standard InChI is InChI=1S/C22H24N2O4/c1-3-27-13-9-10-15(19(11-13)28-4-2)20-21-16(12-18(24-20)22(25)26)14-7-5-6-8-17(14)23-21/h5-11,18,20,23-24H,3-4,12H2,1-2H3,(H,25,26)/t18-,20+/m0/s1. The molecule has 6 nitrogen and oxygen atoms in total. The molecule has 0 amide bonds. The molecule has 0 unspecified atom stereocenters. The molecule has 1 aliphatic rings. The number of carboxylic acid groups (broad SMARTS) is 1. The third-order valence-electron chi connectivity index (χ3n) is 5.12. The summed E-state index contributed by atoms with van der Waals surface area (Å²) in [5.74, 6) is 0.573. The van der Waals surface area contributed by atoms with E-state index in [0.29, 0.717) is 25.4 Å². The lowest BCUT2D eigenvalue weighted by molar-refractivity contribution is -0.139. The lowest BCUT2D eigenvalue weighted by Gasteiger charge is -2.30. The van der Waals surface area contributed by atoms with Crippen molar-refractivity contribution in [2.24, 2.45) is 0 Å². The predicted molar refractivity (Wildman–Crippen MR) is 107 cm³/mol. The third kappa shape index (κ3) is 3.20. The summed E-state index contributed by atoms with van der Waals surface area (Å²) < 4.78 is 11.5. The van der Waals surface area contributed by atoms with Crippen molar-refractivity contribution in [1.29, 1.82) is 0 Å². The first-order chi connectivity index (χ1) is 13.6. The molecular weight excluding hydrogens is 356 g/mol. The van der Waals surface area contributed by atoms with Gasteiger partial charge in [0.15, 0.2) is 0 Å². The van der Waals surface area contributed by atoms with Gasteiger partial charge in [-0.2, -0.15) is 0 Å². The van der Waals surface area contributed by atoms with E-state index < -0.39 is 12.0 Å². The summed E-state index contributed by atoms with van der Waals surface area (Å²) in [4.78, 5) is 15.3. The number of aliphatic carboxylic acids is 1. The highest BCUT2D eigenvalue weighted by atomic mass is 16.5. The van der Waals surface area contributed by atoms with E-state index in [1.54, 1.807) is 0 Å². The molecule has 146 valence electrons. The van der Waals surface area contributed by atoms with Crippen LogP contribution in [0.2, 0.25) is 0 Å². The molecule has 28 heavy (non-hydrogen) atoms. The highest BCUT2D eigenvalue weighted by Crippen LogP contribution is 2.39. The average molecular weight is 380 g/mol. The first kappa shape index (κ1) is 18.4. The van der Waals surface area contributed by atoms with Crippen molar-refractivity contribution >= 4 is 16.9 Å². The maximum atomic E-state index is 11.8. The molecule has 6 heteroatoms. The zero-order valence-electron chi connectivity index (χ0n) is 16.0. The molecule has 3 N–H and O–H groups in total. The van der Waals surface area contributed by atoms with E-state index >= 15 is 0 Å². The smallest absolute Gasteiger partial charge is 0.321 e. The third-order valence-corrected chi connectivity index (χ3v) is 5.12. The first-order valence-electron chi connectivity index (χ1n) is 9.60. The number of fused-ring (bicyclic) bond motifs is 3. The number of carboxylic acids is 1. The molecule has 2 aromatic carbocycles. The minimum atomic E-state index is -0.857. The second-order valence-electron chi connectivity index (χ2n) is 6.82. The van der Waals surface area contributed by atoms with Crippen molar-refractivity contribution in [3.05, 3.63) is 59.3 Å². The van der Waals surface area contributed by atoms with Crippen molar-refractivity contribution in [3.8, 4) is 11.5 Å². The Morgan fingerprint density at radius 2 is 1.93 bits per heavy atom. The van der Waals surface area contributed by atoms with Crippen LogP contribution in [-0.2, 0) is 11.2 Å². The van der Waals surface area contributed by atoms with Gasteiger partial charge in [-0.1, -0.05) is 18.2 Å². The van der Waals surface area contributed by atoms with Gasteiger partial charge in [0.1, 0.15) is 17.5 Å². The summed E-state index contributed by atoms with van der Waals surface area (Å²) in [5, 5.41) is 14.1. The Morgan fingerprint density at radius 3 is 2.68 bits per heavy atom. The van der Waals surface area contributed by atoms with E-state index in [0.717, 1.165) is 33.5 Å². The molecule has 2 heterocycles. The number of nitrogens with one attached hydrogen (secondary N) is 2. The summed E-state index contributed by atoms with van der Waals surface area (Å²) in [7, 11) is 0. The first-order valence-corrected chi connectivity index (χ1v) is 9.60. The largest absolute Gasteiger partial charge is 0.494 e. The van der Waals surface area contributed by atoms with E-state index in [-0.39, 0.29) is 6.04 Å². The summed E-state index contributed by atoms with van der Waals surface area (Å²) in [6.07, 6.45) is 0.437. The van der Waals surface area contributed by atoms with Crippen LogP contribution in [0, 0.1) is 0 Å². The SMILES string of the molecule is CCOc1ccc([C@H]2N[C@H](C(=O)O)Cc3c2[nH]c2ccccc32)c(OCC)c1. The average Bonchev–Trinajstić information content (AvgIpc) is 3.07. The number of carbonyl (C=O) groups is 1. The van der Waals surface area contributed by atoms with Crippen LogP contribution in [0.15, 0.2) is 42.5 Å². The molecule has 0 radical (unpaired) electrons. The Hall–Kier alpha value is -2.99. The summed E-state index contributed by atoms with van der Waals surface area (Å²) in [6, 6.07) is 12.7. The number of hydrogen-bond donors (Lipinski definition) is 3. The Labute approximate surface area is 163 Å². The Kier molecular flexibility index (Phi) is 4.96. The van der Waals surface area contributed by atoms with Crippen molar-refractivity contribution in [1.82, 2.24) is 10.3 Å². The summed E-state index contributed by atoms with van der Waals surface area (Å²) in [6.45, 7) is 4.95. The van der Waals surface area contributed by atoms with E-state index in [4.69, 9.17) is 9.47 Å². The highest BCUT2D eigenvalue weighted by Gasteiger charge is 2.35. The molecule has 4 rings (SSSR count). The quantitative estimate of drug-likeness (QED) is 0.608. The van der Waals surface area contributed by atoms with E-state index in [2.05, 4.69) is 10.3 Å². The molecule has 1 aromatic heterocycles. The maximum Gasteiger partial charge on any atom is 0.321 e. The van der Waals surface area contributed by atoms with Crippen LogP contribution in [0.5, 0.6) is 11.5 Å². The van der Waals surface area contributed by atoms with Gasteiger partial charge in [-0.05, 0) is 37.6 Å². The molecule has 0 spiro atoms. The van der Waals surface area contributed by atoms with Gasteiger partial charge in [0, 0.05) is 34.6 Å². The van der Waals surface area contributed by atoms with E-state index in [9.17, 15) is 9.90 Å². The number of benzene rings is 2. The van der Waals surface area contributed by atoms with Crippen LogP contribution < -0.4 is 14.8 Å². The number of rotatable bonds is 6. The van der Waals surface area contributed by atoms with Gasteiger partial charge in [0.25, 0.3) is 0 Å². The van der Waals surface area contributed by atoms with Gasteiger partial charge in [0.05, 0.1) is 19.3 Å². The lowest BCUT2D eigenvalue weighted by Crippen LogP contribution is -2.45. The second kappa shape index (κ2) is 7.56. The molecule has 0 bridgehead atoms. The van der Waals surface area contributed by atoms with E-state index in [1.165, 1.54) is 0 Å². The molecule has 0 aliphatic carbocycles. The number of H-pyrrole nitrogens is 1. The minimum absolute atomic E-state index is 0.311. The van der Waals surface area contributed by atoms with E-state index in [1.807, 2.05) is 56.3 Å². The molecule has 3 aromatic rings. The monoisotopic (exact) mass is 380 g/mol. The predicted octanol–water partition coefficient (Wildman–Crippen LogP) is 3.65. The summed E-state index contributed by atoms with van der Waals surface area (Å²) >= 11 is 0. The second-order valence-corrected chi connectivity index (χ2v) is 6.82. The van der Waals surface area contributed by atoms with Crippen molar-refractivity contribution in [2.45, 2.75) is 32.4 Å². The van der Waals surface area contributed by atoms with Crippen molar-refractivity contribution < 1.29 is 19.4 Å². The number of para-hydroxylation sites is 1. The van der Waals surface area contributed by atoms with Gasteiger partial charge in [-0.15, -0.1) is 0 Å². The maximum absolute atomic E-state index is 11.8. The Morgan fingerprint density at radius 1 is 1.14 bits per heavy atom. The van der Waals surface area contributed by atoms with Gasteiger partial charge in [-0.25, -0.2) is 0 Å². The highest BCUT2D eigenvalue weighted by molar-refractivity contribution is 5.87. The van der Waals surface area contributed by atoms with Gasteiger partial charge < -0.3 is 19.6 Å². The van der Waals surface area contributed by atoms with Gasteiger partial charge >= 0.3 is 5.97 Å². The Balaban J connectivity index is 1.86. The van der Waals surface area contributed by atoms with Crippen LogP contribution in [0.1, 0.15) is 36.7 Å². The molecule has 0 saturated heterocycles. The zero-order valence-corrected chi connectivity index (χ0v) is 16.0. The van der Waals surface area contributed by atoms with Crippen LogP contribution in [-0.4, -0.2) is 35.3 Å². The fourth-order valence-electron chi connectivity index (χ4n) is 3.93.